The van der Waals surface area contributed by atoms with Crippen LogP contribution in [0.2, 0.25) is 0 Å². The molecule has 134 valence electrons. The fourth-order valence-electron chi connectivity index (χ4n) is 4.17. The first-order chi connectivity index (χ1) is 12.2. The highest BCUT2D eigenvalue weighted by Crippen LogP contribution is 2.36. The van der Waals surface area contributed by atoms with Gasteiger partial charge in [0, 0.05) is 38.6 Å². The van der Waals surface area contributed by atoms with Gasteiger partial charge in [0.2, 0.25) is 11.8 Å². The van der Waals surface area contributed by atoms with E-state index in [9.17, 15) is 9.59 Å². The van der Waals surface area contributed by atoms with Crippen LogP contribution in [0.15, 0.2) is 24.3 Å². The third-order valence-electron chi connectivity index (χ3n) is 5.76. The number of para-hydroxylation sites is 2. The van der Waals surface area contributed by atoms with Crippen LogP contribution in [0.4, 0.5) is 11.4 Å². The Balaban J connectivity index is 1.51. The highest BCUT2D eigenvalue weighted by atomic mass is 16.2. The maximum absolute atomic E-state index is 13.2. The molecule has 3 aliphatic rings. The number of hydrogen-bond donors (Lipinski definition) is 0. The molecule has 5 nitrogen and oxygen atoms in total. The van der Waals surface area contributed by atoms with E-state index in [0.717, 1.165) is 63.2 Å². The number of rotatable bonds is 3. The molecule has 2 aliphatic heterocycles. The second kappa shape index (κ2) is 6.70. The minimum atomic E-state index is -0.0577. The topological polar surface area (TPSA) is 43.9 Å². The largest absolute Gasteiger partial charge is 0.368 e. The number of carbonyl (C=O) groups is 2. The Bertz CT molecular complexity index is 671. The molecule has 0 radical (unpaired) electrons. The first-order valence-corrected chi connectivity index (χ1v) is 9.63. The zero-order valence-corrected chi connectivity index (χ0v) is 15.0. The molecule has 2 fully saturated rings. The third-order valence-corrected chi connectivity index (χ3v) is 5.76. The first kappa shape index (κ1) is 16.4. The second-order valence-electron chi connectivity index (χ2n) is 7.46. The lowest BCUT2D eigenvalue weighted by molar-refractivity contribution is -0.136. The number of carbonyl (C=O) groups excluding carboxylic acids is 2. The molecule has 4 rings (SSSR count). The van der Waals surface area contributed by atoms with Crippen molar-refractivity contribution in [3.05, 3.63) is 24.3 Å². The van der Waals surface area contributed by atoms with Crippen molar-refractivity contribution in [2.45, 2.75) is 32.6 Å². The highest BCUT2D eigenvalue weighted by Gasteiger charge is 2.38. The zero-order chi connectivity index (χ0) is 17.4. The van der Waals surface area contributed by atoms with Gasteiger partial charge in [0.15, 0.2) is 0 Å². The molecule has 0 bridgehead atoms. The lowest BCUT2D eigenvalue weighted by Crippen LogP contribution is -2.50. The Morgan fingerprint density at radius 3 is 2.44 bits per heavy atom. The van der Waals surface area contributed by atoms with Crippen LogP contribution < -0.4 is 9.80 Å². The van der Waals surface area contributed by atoms with E-state index in [1.54, 1.807) is 0 Å². The lowest BCUT2D eigenvalue weighted by atomic mass is 9.95. The summed E-state index contributed by atoms with van der Waals surface area (Å²) >= 11 is 0. The number of likely N-dealkylation sites (tertiary alicyclic amines) is 1. The van der Waals surface area contributed by atoms with Crippen molar-refractivity contribution in [2.75, 3.05) is 42.5 Å². The van der Waals surface area contributed by atoms with Crippen LogP contribution in [0.5, 0.6) is 0 Å². The molecule has 0 N–H and O–H groups in total. The van der Waals surface area contributed by atoms with Gasteiger partial charge in [-0.1, -0.05) is 12.1 Å². The van der Waals surface area contributed by atoms with Gasteiger partial charge < -0.3 is 14.7 Å². The van der Waals surface area contributed by atoms with Gasteiger partial charge in [0.05, 0.1) is 17.3 Å². The summed E-state index contributed by atoms with van der Waals surface area (Å²) in [4.78, 5) is 31.8. The Morgan fingerprint density at radius 1 is 0.960 bits per heavy atom. The van der Waals surface area contributed by atoms with E-state index in [0.29, 0.717) is 6.54 Å². The third kappa shape index (κ3) is 3.12. The fraction of sp³-hybridized carbons (Fsp3) is 0.600. The Hall–Kier alpha value is -2.04. The van der Waals surface area contributed by atoms with Gasteiger partial charge in [0.25, 0.3) is 0 Å². The van der Waals surface area contributed by atoms with Crippen LogP contribution in [0.25, 0.3) is 0 Å². The predicted octanol–water partition coefficient (Wildman–Crippen LogP) is 2.51. The number of anilines is 2. The summed E-state index contributed by atoms with van der Waals surface area (Å²) in [6.45, 7) is 6.12. The van der Waals surface area contributed by atoms with Crippen LogP contribution >= 0.6 is 0 Å². The fourth-order valence-corrected chi connectivity index (χ4v) is 4.17. The summed E-state index contributed by atoms with van der Waals surface area (Å²) in [5.41, 5.74) is 2.16. The van der Waals surface area contributed by atoms with E-state index < -0.39 is 0 Å². The van der Waals surface area contributed by atoms with E-state index in [2.05, 4.69) is 17.9 Å². The van der Waals surface area contributed by atoms with Crippen LogP contribution in [-0.2, 0) is 9.59 Å². The summed E-state index contributed by atoms with van der Waals surface area (Å²) in [7, 11) is 0. The standard InChI is InChI=1S/C20H27N3O2/c1-2-21-12-13-23(18-8-4-3-7-17(18)21)20(25)16-6-5-11-22(14-16)19(24)15-9-10-15/h3-4,7-8,15-16H,2,5-6,9-14H2,1H3. The molecule has 2 amide bonds. The quantitative estimate of drug-likeness (QED) is 0.848. The molecule has 0 aromatic heterocycles. The number of hydrogen-bond acceptors (Lipinski definition) is 3. The van der Waals surface area contributed by atoms with Crippen LogP contribution in [0.1, 0.15) is 32.6 Å². The van der Waals surface area contributed by atoms with Gasteiger partial charge in [-0.05, 0) is 44.7 Å². The van der Waals surface area contributed by atoms with Crippen molar-refractivity contribution < 1.29 is 9.59 Å². The van der Waals surface area contributed by atoms with Crippen LogP contribution in [0, 0.1) is 11.8 Å². The number of benzene rings is 1. The average Bonchev–Trinajstić information content (AvgIpc) is 3.51. The van der Waals surface area contributed by atoms with Crippen molar-refractivity contribution in [2.24, 2.45) is 11.8 Å². The Labute approximate surface area is 149 Å². The molecular weight excluding hydrogens is 314 g/mol. The van der Waals surface area contributed by atoms with Gasteiger partial charge >= 0.3 is 0 Å². The SMILES string of the molecule is CCN1CCN(C(=O)C2CCCN(C(=O)C3CC3)C2)c2ccccc21. The first-order valence-electron chi connectivity index (χ1n) is 9.63. The molecule has 1 unspecified atom stereocenters. The summed E-state index contributed by atoms with van der Waals surface area (Å²) in [5.74, 6) is 0.644. The molecule has 5 heteroatoms. The van der Waals surface area contributed by atoms with E-state index >= 15 is 0 Å². The smallest absolute Gasteiger partial charge is 0.232 e. The Morgan fingerprint density at radius 2 is 1.72 bits per heavy atom. The molecule has 0 spiro atoms. The highest BCUT2D eigenvalue weighted by molar-refractivity contribution is 5.99. The number of fused-ring (bicyclic) bond motifs is 1. The minimum Gasteiger partial charge on any atom is -0.368 e. The zero-order valence-electron chi connectivity index (χ0n) is 15.0. The van der Waals surface area contributed by atoms with Crippen LogP contribution in [-0.4, -0.2) is 49.4 Å². The molecule has 1 atom stereocenters. The molecule has 25 heavy (non-hydrogen) atoms. The van der Waals surface area contributed by atoms with E-state index in [-0.39, 0.29) is 23.7 Å². The van der Waals surface area contributed by atoms with E-state index in [1.165, 1.54) is 0 Å². The normalized spacial score (nSPS) is 23.4. The maximum Gasteiger partial charge on any atom is 0.232 e. The molecule has 1 saturated carbocycles. The summed E-state index contributed by atoms with van der Waals surface area (Å²) < 4.78 is 0. The van der Waals surface area contributed by atoms with Crippen LogP contribution in [0.3, 0.4) is 0 Å². The molecular formula is C20H27N3O2. The van der Waals surface area contributed by atoms with Gasteiger partial charge in [-0.3, -0.25) is 9.59 Å². The molecule has 1 aromatic carbocycles. The van der Waals surface area contributed by atoms with Crippen molar-refractivity contribution in [3.8, 4) is 0 Å². The number of nitrogens with zero attached hydrogens (tertiary/aromatic N) is 3. The molecule has 1 aromatic rings. The maximum atomic E-state index is 13.2. The van der Waals surface area contributed by atoms with Crippen molar-refractivity contribution >= 4 is 23.2 Å². The van der Waals surface area contributed by atoms with Gasteiger partial charge in [-0.15, -0.1) is 0 Å². The number of amides is 2. The average molecular weight is 341 g/mol. The summed E-state index contributed by atoms with van der Waals surface area (Å²) in [5, 5.41) is 0. The van der Waals surface area contributed by atoms with Crippen molar-refractivity contribution in [1.29, 1.82) is 0 Å². The monoisotopic (exact) mass is 341 g/mol. The summed E-state index contributed by atoms with van der Waals surface area (Å²) in [6.07, 6.45) is 3.88. The second-order valence-corrected chi connectivity index (χ2v) is 7.46. The summed E-state index contributed by atoms with van der Waals surface area (Å²) in [6, 6.07) is 8.18. The lowest BCUT2D eigenvalue weighted by Gasteiger charge is -2.40. The van der Waals surface area contributed by atoms with Gasteiger partial charge in [-0.25, -0.2) is 0 Å². The number of piperidine rings is 1. The van der Waals surface area contributed by atoms with Crippen molar-refractivity contribution in [1.82, 2.24) is 4.90 Å². The van der Waals surface area contributed by atoms with Crippen molar-refractivity contribution in [3.63, 3.8) is 0 Å². The number of likely N-dealkylation sites (N-methyl/N-ethyl adjacent to an activating group) is 1. The minimum absolute atomic E-state index is 0.0577. The molecule has 1 saturated heterocycles. The molecule has 2 heterocycles. The Kier molecular flexibility index (Phi) is 4.40. The van der Waals surface area contributed by atoms with Gasteiger partial charge in [0.1, 0.15) is 0 Å². The van der Waals surface area contributed by atoms with E-state index in [1.807, 2.05) is 28.0 Å². The van der Waals surface area contributed by atoms with Gasteiger partial charge in [-0.2, -0.15) is 0 Å². The predicted molar refractivity (Wildman–Crippen MR) is 98.7 cm³/mol. The molecule has 1 aliphatic carbocycles. The van der Waals surface area contributed by atoms with E-state index in [4.69, 9.17) is 0 Å².